The van der Waals surface area contributed by atoms with Crippen LogP contribution in [-0.2, 0) is 6.54 Å². The zero-order chi connectivity index (χ0) is 15.2. The Bertz CT molecular complexity index is 578. The van der Waals surface area contributed by atoms with E-state index in [1.165, 1.54) is 6.07 Å². The molecular weight excluding hydrogens is 267 g/mol. The molecule has 2 aromatic rings. The van der Waals surface area contributed by atoms with E-state index >= 15 is 0 Å². The van der Waals surface area contributed by atoms with Crippen molar-refractivity contribution in [2.24, 2.45) is 0 Å². The van der Waals surface area contributed by atoms with Crippen LogP contribution in [0.15, 0.2) is 34.7 Å². The Kier molecular flexibility index (Phi) is 5.53. The van der Waals surface area contributed by atoms with E-state index in [9.17, 15) is 4.39 Å². The van der Waals surface area contributed by atoms with Crippen LogP contribution in [0.4, 0.5) is 4.39 Å². The first-order chi connectivity index (χ1) is 10.1. The second-order valence-corrected chi connectivity index (χ2v) is 5.51. The Morgan fingerprint density at radius 1 is 1.19 bits per heavy atom. The Balaban J connectivity index is 1.91. The smallest absolute Gasteiger partial charge is 0.134 e. The normalized spacial score (nSPS) is 11.3. The van der Waals surface area contributed by atoms with E-state index in [1.54, 1.807) is 13.0 Å². The first-order valence-corrected chi connectivity index (χ1v) is 7.27. The Morgan fingerprint density at radius 2 is 2.00 bits per heavy atom. The summed E-state index contributed by atoms with van der Waals surface area (Å²) in [5.41, 5.74) is 1.44. The van der Waals surface area contributed by atoms with Crippen molar-refractivity contribution in [3.63, 3.8) is 0 Å². The van der Waals surface area contributed by atoms with Crippen molar-refractivity contribution < 1.29 is 8.81 Å². The maximum atomic E-state index is 13.6. The second-order valence-electron chi connectivity index (χ2n) is 5.51. The van der Waals surface area contributed by atoms with Gasteiger partial charge in [-0.15, -0.1) is 0 Å². The van der Waals surface area contributed by atoms with Crippen molar-refractivity contribution >= 4 is 0 Å². The highest BCUT2D eigenvalue weighted by atomic mass is 19.1. The molecular formula is C17H23FN2O. The minimum absolute atomic E-state index is 0.202. The van der Waals surface area contributed by atoms with Gasteiger partial charge in [-0.05, 0) is 64.3 Å². The second kappa shape index (κ2) is 7.38. The molecule has 0 spiro atoms. The van der Waals surface area contributed by atoms with Gasteiger partial charge in [-0.3, -0.25) is 0 Å². The number of hydrogen-bond donors (Lipinski definition) is 1. The summed E-state index contributed by atoms with van der Waals surface area (Å²) in [6, 6.07) is 8.90. The minimum atomic E-state index is -0.202. The van der Waals surface area contributed by atoms with Crippen LogP contribution in [0.3, 0.4) is 0 Å². The molecule has 0 aliphatic heterocycles. The summed E-state index contributed by atoms with van der Waals surface area (Å²) in [7, 11) is 4.14. The molecule has 114 valence electrons. The Morgan fingerprint density at radius 3 is 2.76 bits per heavy atom. The van der Waals surface area contributed by atoms with Crippen molar-refractivity contribution in [3.8, 4) is 11.3 Å². The highest BCUT2D eigenvalue weighted by Gasteiger charge is 2.09. The molecule has 2 rings (SSSR count). The largest absolute Gasteiger partial charge is 0.460 e. The standard InChI is InChI=1S/C17H23FN2O/c1-13-15(6-4-7-16(13)18)17-9-8-14(21-17)12-19-10-5-11-20(2)3/h4,6-9,19H,5,10-12H2,1-3H3. The predicted octanol–water partition coefficient (Wildman–Crippen LogP) is 3.44. The van der Waals surface area contributed by atoms with Gasteiger partial charge in [-0.1, -0.05) is 12.1 Å². The lowest BCUT2D eigenvalue weighted by molar-refractivity contribution is 0.391. The van der Waals surface area contributed by atoms with E-state index in [0.29, 0.717) is 12.1 Å². The van der Waals surface area contributed by atoms with Gasteiger partial charge in [0.05, 0.1) is 6.54 Å². The van der Waals surface area contributed by atoms with Crippen molar-refractivity contribution in [2.75, 3.05) is 27.2 Å². The predicted molar refractivity (Wildman–Crippen MR) is 83.7 cm³/mol. The molecule has 1 N–H and O–H groups in total. The molecule has 1 aromatic carbocycles. The highest BCUT2D eigenvalue weighted by molar-refractivity contribution is 5.62. The van der Waals surface area contributed by atoms with Gasteiger partial charge in [-0.25, -0.2) is 4.39 Å². The van der Waals surface area contributed by atoms with Gasteiger partial charge in [0, 0.05) is 5.56 Å². The van der Waals surface area contributed by atoms with Crippen LogP contribution >= 0.6 is 0 Å². The summed E-state index contributed by atoms with van der Waals surface area (Å²) >= 11 is 0. The van der Waals surface area contributed by atoms with Crippen LogP contribution in [0.1, 0.15) is 17.7 Å². The van der Waals surface area contributed by atoms with Gasteiger partial charge in [0.25, 0.3) is 0 Å². The average Bonchev–Trinajstić information content (AvgIpc) is 2.90. The fourth-order valence-electron chi connectivity index (χ4n) is 2.22. The van der Waals surface area contributed by atoms with Crippen LogP contribution in [0.5, 0.6) is 0 Å². The van der Waals surface area contributed by atoms with Crippen molar-refractivity contribution in [1.82, 2.24) is 10.2 Å². The molecule has 0 unspecified atom stereocenters. The summed E-state index contributed by atoms with van der Waals surface area (Å²) in [4.78, 5) is 2.17. The number of benzene rings is 1. The topological polar surface area (TPSA) is 28.4 Å². The summed E-state index contributed by atoms with van der Waals surface area (Å²) < 4.78 is 19.4. The van der Waals surface area contributed by atoms with Crippen molar-refractivity contribution in [2.45, 2.75) is 19.9 Å². The van der Waals surface area contributed by atoms with Crippen LogP contribution < -0.4 is 5.32 Å². The van der Waals surface area contributed by atoms with Gasteiger partial charge in [0.1, 0.15) is 17.3 Å². The lowest BCUT2D eigenvalue weighted by Gasteiger charge is -2.09. The number of furan rings is 1. The molecule has 0 aliphatic rings. The van der Waals surface area contributed by atoms with Crippen molar-refractivity contribution in [1.29, 1.82) is 0 Å². The van der Waals surface area contributed by atoms with Crippen molar-refractivity contribution in [3.05, 3.63) is 47.5 Å². The fourth-order valence-corrected chi connectivity index (χ4v) is 2.22. The summed E-state index contributed by atoms with van der Waals surface area (Å²) in [6.07, 6.45) is 1.10. The molecule has 0 fully saturated rings. The molecule has 3 nitrogen and oxygen atoms in total. The first kappa shape index (κ1) is 15.7. The molecule has 21 heavy (non-hydrogen) atoms. The van der Waals surface area contributed by atoms with Crippen LogP contribution in [0.2, 0.25) is 0 Å². The Hall–Kier alpha value is -1.65. The third-order valence-electron chi connectivity index (χ3n) is 3.45. The molecule has 0 saturated carbocycles. The number of nitrogens with zero attached hydrogens (tertiary/aromatic N) is 1. The maximum Gasteiger partial charge on any atom is 0.134 e. The molecule has 0 amide bonds. The minimum Gasteiger partial charge on any atom is -0.460 e. The number of nitrogens with one attached hydrogen (secondary N) is 1. The molecule has 0 atom stereocenters. The van der Waals surface area contributed by atoms with E-state index < -0.39 is 0 Å². The molecule has 4 heteroatoms. The van der Waals surface area contributed by atoms with Crippen LogP contribution in [-0.4, -0.2) is 32.1 Å². The van der Waals surface area contributed by atoms with Gasteiger partial charge in [-0.2, -0.15) is 0 Å². The summed E-state index contributed by atoms with van der Waals surface area (Å²) in [6.45, 7) is 4.49. The molecule has 0 aliphatic carbocycles. The third kappa shape index (κ3) is 4.41. The third-order valence-corrected chi connectivity index (χ3v) is 3.45. The van der Waals surface area contributed by atoms with Gasteiger partial charge in [0.2, 0.25) is 0 Å². The van der Waals surface area contributed by atoms with Crippen LogP contribution in [0.25, 0.3) is 11.3 Å². The molecule has 1 aromatic heterocycles. The highest BCUT2D eigenvalue weighted by Crippen LogP contribution is 2.26. The monoisotopic (exact) mass is 290 g/mol. The molecule has 0 radical (unpaired) electrons. The number of hydrogen-bond acceptors (Lipinski definition) is 3. The van der Waals surface area contributed by atoms with Gasteiger partial charge >= 0.3 is 0 Å². The zero-order valence-corrected chi connectivity index (χ0v) is 12.9. The van der Waals surface area contributed by atoms with E-state index in [0.717, 1.165) is 36.6 Å². The first-order valence-electron chi connectivity index (χ1n) is 7.27. The molecule has 0 saturated heterocycles. The number of rotatable bonds is 7. The summed E-state index contributed by atoms with van der Waals surface area (Å²) in [5, 5.41) is 3.35. The SMILES string of the molecule is Cc1c(F)cccc1-c1ccc(CNCCCN(C)C)o1. The van der Waals surface area contributed by atoms with E-state index in [1.807, 2.05) is 18.2 Å². The average molecular weight is 290 g/mol. The molecule has 0 bridgehead atoms. The Labute approximate surface area is 125 Å². The lowest BCUT2D eigenvalue weighted by atomic mass is 10.1. The quantitative estimate of drug-likeness (QED) is 0.792. The van der Waals surface area contributed by atoms with E-state index in [4.69, 9.17) is 4.42 Å². The van der Waals surface area contributed by atoms with Gasteiger partial charge < -0.3 is 14.6 Å². The van der Waals surface area contributed by atoms with Crippen LogP contribution in [0, 0.1) is 12.7 Å². The number of halogens is 1. The van der Waals surface area contributed by atoms with Gasteiger partial charge in [0.15, 0.2) is 0 Å². The van der Waals surface area contributed by atoms with E-state index in [2.05, 4.69) is 24.3 Å². The maximum absolute atomic E-state index is 13.6. The van der Waals surface area contributed by atoms with E-state index in [-0.39, 0.29) is 5.82 Å². The fraction of sp³-hybridized carbons (Fsp3) is 0.412. The molecule has 1 heterocycles. The zero-order valence-electron chi connectivity index (χ0n) is 12.9. The summed E-state index contributed by atoms with van der Waals surface area (Å²) in [5.74, 6) is 1.39. The lowest BCUT2D eigenvalue weighted by Crippen LogP contribution is -2.20.